The van der Waals surface area contributed by atoms with Crippen LogP contribution < -0.4 is 10.4 Å². The van der Waals surface area contributed by atoms with Crippen LogP contribution in [0.1, 0.15) is 60.5 Å². The van der Waals surface area contributed by atoms with Gasteiger partial charge in [-0.1, -0.05) is 66.7 Å². The number of nitrogens with zero attached hydrogens (tertiary/aromatic N) is 1. The Bertz CT molecular complexity index is 689. The first-order valence-electron chi connectivity index (χ1n) is 10.6. The van der Waals surface area contributed by atoms with Crippen molar-refractivity contribution in [2.75, 3.05) is 6.54 Å². The van der Waals surface area contributed by atoms with E-state index >= 15 is 0 Å². The summed E-state index contributed by atoms with van der Waals surface area (Å²) in [4.78, 5) is 4.67. The lowest BCUT2D eigenvalue weighted by Crippen LogP contribution is -2.51. The van der Waals surface area contributed by atoms with E-state index in [1.165, 1.54) is 15.9 Å². The zero-order valence-electron chi connectivity index (χ0n) is 20.5. The minimum absolute atomic E-state index is 0.192. The lowest BCUT2D eigenvalue weighted by molar-refractivity contribution is 0.549. The predicted molar refractivity (Wildman–Crippen MR) is 137 cm³/mol. The predicted octanol–water partition coefficient (Wildman–Crippen LogP) is 5.05. The highest BCUT2D eigenvalue weighted by atomic mass is 28.4. The standard InChI is InChI=1S/C22H41NO2Si4/c1-12-15-23-17-18-16-19(28(8,9)24-26-21(2,3)4)13-14-20(18)29(10,11)25-27-22(5,6)7/h13-14,16-17H,12,15H2,1-11H3. The molecule has 0 N–H and O–H groups in total. The van der Waals surface area contributed by atoms with Crippen molar-refractivity contribution in [3.8, 4) is 0 Å². The van der Waals surface area contributed by atoms with Gasteiger partial charge in [0.25, 0.3) is 0 Å². The van der Waals surface area contributed by atoms with Gasteiger partial charge in [-0.25, -0.2) is 0 Å². The Hall–Kier alpha value is -0.322. The molecule has 0 unspecified atom stereocenters. The first kappa shape index (κ1) is 26.7. The van der Waals surface area contributed by atoms with Gasteiger partial charge in [0.2, 0.25) is 36.2 Å². The number of hydrogen-bond donors (Lipinski definition) is 0. The number of benzene rings is 1. The summed E-state index contributed by atoms with van der Waals surface area (Å²) in [5.74, 6) is 0. The van der Waals surface area contributed by atoms with Gasteiger partial charge in [-0.3, -0.25) is 4.99 Å². The Balaban J connectivity index is 3.27. The molecule has 0 aliphatic rings. The second-order valence-electron chi connectivity index (χ2n) is 10.8. The molecule has 0 heterocycles. The summed E-state index contributed by atoms with van der Waals surface area (Å²) in [7, 11) is -2.99. The van der Waals surface area contributed by atoms with Crippen molar-refractivity contribution < 1.29 is 8.23 Å². The van der Waals surface area contributed by atoms with Crippen molar-refractivity contribution >= 4 is 52.7 Å². The van der Waals surface area contributed by atoms with Crippen LogP contribution in [0, 0.1) is 0 Å². The summed E-state index contributed by atoms with van der Waals surface area (Å²) < 4.78 is 13.0. The quantitative estimate of drug-likeness (QED) is 0.379. The summed E-state index contributed by atoms with van der Waals surface area (Å²) in [6, 6.07) is 6.90. The van der Waals surface area contributed by atoms with Gasteiger partial charge < -0.3 is 8.23 Å². The molecule has 29 heavy (non-hydrogen) atoms. The number of hydrogen-bond acceptors (Lipinski definition) is 3. The van der Waals surface area contributed by atoms with Crippen molar-refractivity contribution in [3.63, 3.8) is 0 Å². The summed E-state index contributed by atoms with van der Waals surface area (Å²) in [6.07, 6.45) is 3.13. The Kier molecular flexibility index (Phi) is 9.51. The molecule has 0 bridgehead atoms. The lowest BCUT2D eigenvalue weighted by Gasteiger charge is -2.31. The molecule has 0 saturated heterocycles. The van der Waals surface area contributed by atoms with Crippen LogP contribution in [-0.2, 0) is 8.23 Å². The molecule has 0 fully saturated rings. The molecule has 7 heteroatoms. The first-order valence-corrected chi connectivity index (χ1v) is 18.3. The third-order valence-electron chi connectivity index (χ3n) is 4.20. The van der Waals surface area contributed by atoms with E-state index in [2.05, 4.69) is 104 Å². The molecule has 1 aromatic carbocycles. The average molecular weight is 464 g/mol. The van der Waals surface area contributed by atoms with Crippen LogP contribution in [0.5, 0.6) is 0 Å². The van der Waals surface area contributed by atoms with Crippen molar-refractivity contribution in [2.45, 2.75) is 91.2 Å². The highest BCUT2D eigenvalue weighted by molar-refractivity contribution is 6.89. The molecule has 0 aliphatic heterocycles. The minimum atomic E-state index is -2.03. The largest absolute Gasteiger partial charge is 0.452 e. The molecule has 1 rings (SSSR count). The Morgan fingerprint density at radius 1 is 0.897 bits per heavy atom. The average Bonchev–Trinajstić information content (AvgIpc) is 2.57. The molecule has 0 saturated carbocycles. The highest BCUT2D eigenvalue weighted by Crippen LogP contribution is 2.24. The smallest absolute Gasteiger partial charge is 0.221 e. The fraction of sp³-hybridized carbons (Fsp3) is 0.682. The zero-order valence-corrected chi connectivity index (χ0v) is 24.5. The van der Waals surface area contributed by atoms with Crippen molar-refractivity contribution in [1.29, 1.82) is 0 Å². The van der Waals surface area contributed by atoms with Crippen molar-refractivity contribution in [3.05, 3.63) is 23.8 Å². The number of rotatable bonds is 9. The van der Waals surface area contributed by atoms with E-state index in [9.17, 15) is 0 Å². The van der Waals surface area contributed by atoms with Crippen LogP contribution in [0.15, 0.2) is 23.2 Å². The van der Waals surface area contributed by atoms with Crippen LogP contribution in [-0.4, -0.2) is 48.9 Å². The van der Waals surface area contributed by atoms with Gasteiger partial charge in [0.1, 0.15) is 0 Å². The topological polar surface area (TPSA) is 30.8 Å². The van der Waals surface area contributed by atoms with Crippen LogP contribution >= 0.6 is 0 Å². The van der Waals surface area contributed by atoms with Crippen LogP contribution in [0.25, 0.3) is 0 Å². The third-order valence-corrected chi connectivity index (χ3v) is 13.8. The van der Waals surface area contributed by atoms with E-state index in [1.807, 2.05) is 0 Å². The molecule has 0 atom stereocenters. The van der Waals surface area contributed by atoms with E-state index in [4.69, 9.17) is 8.23 Å². The van der Waals surface area contributed by atoms with Gasteiger partial charge in [0.05, 0.1) is 0 Å². The molecule has 0 spiro atoms. The fourth-order valence-corrected chi connectivity index (χ4v) is 10.3. The maximum absolute atomic E-state index is 6.53. The maximum Gasteiger partial charge on any atom is 0.221 e. The van der Waals surface area contributed by atoms with E-state index in [0.29, 0.717) is 19.5 Å². The second-order valence-corrected chi connectivity index (χ2v) is 23.0. The van der Waals surface area contributed by atoms with Crippen LogP contribution in [0.2, 0.25) is 36.3 Å². The first-order chi connectivity index (χ1) is 13.1. The molecule has 3 nitrogen and oxygen atoms in total. The molecule has 1 aromatic rings. The maximum atomic E-state index is 6.53. The normalized spacial score (nSPS) is 14.0. The lowest BCUT2D eigenvalue weighted by atomic mass is 10.2. The summed E-state index contributed by atoms with van der Waals surface area (Å²) in [5.41, 5.74) is 1.22. The summed E-state index contributed by atoms with van der Waals surface area (Å²) >= 11 is 0. The zero-order chi connectivity index (χ0) is 22.5. The van der Waals surface area contributed by atoms with Crippen molar-refractivity contribution in [2.24, 2.45) is 4.99 Å². The van der Waals surface area contributed by atoms with Crippen LogP contribution in [0.3, 0.4) is 0 Å². The van der Waals surface area contributed by atoms with E-state index in [1.54, 1.807) is 0 Å². The van der Waals surface area contributed by atoms with E-state index in [-0.39, 0.29) is 10.1 Å². The second kappa shape index (κ2) is 10.3. The van der Waals surface area contributed by atoms with Crippen LogP contribution in [0.4, 0.5) is 0 Å². The SMILES string of the molecule is CCCN=Cc1cc([Si](C)(C)O[Si]C(C)(C)C)ccc1[Si](C)(C)O[Si]C(C)(C)C. The number of aliphatic imine (C=N–C) groups is 1. The van der Waals surface area contributed by atoms with Gasteiger partial charge in [-0.05, 0) is 58.6 Å². The van der Waals surface area contributed by atoms with Crippen molar-refractivity contribution in [1.82, 2.24) is 0 Å². The molecular weight excluding hydrogens is 423 g/mol. The molecule has 162 valence electrons. The Morgan fingerprint density at radius 2 is 1.41 bits per heavy atom. The minimum Gasteiger partial charge on any atom is -0.452 e. The van der Waals surface area contributed by atoms with Gasteiger partial charge in [0.15, 0.2) is 0 Å². The summed E-state index contributed by atoms with van der Waals surface area (Å²) in [6.45, 7) is 25.7. The van der Waals surface area contributed by atoms with Gasteiger partial charge in [0, 0.05) is 12.8 Å². The fourth-order valence-electron chi connectivity index (χ4n) is 2.56. The van der Waals surface area contributed by atoms with Gasteiger partial charge in [-0.2, -0.15) is 0 Å². The molecule has 4 radical (unpaired) electrons. The van der Waals surface area contributed by atoms with E-state index < -0.39 is 16.6 Å². The summed E-state index contributed by atoms with van der Waals surface area (Å²) in [5, 5.41) is 3.06. The molecule has 0 amide bonds. The highest BCUT2D eigenvalue weighted by Gasteiger charge is 2.33. The Labute approximate surface area is 187 Å². The molecule has 0 aromatic heterocycles. The van der Waals surface area contributed by atoms with Gasteiger partial charge in [-0.15, -0.1) is 0 Å². The third kappa shape index (κ3) is 9.57. The molecule has 0 aliphatic carbocycles. The molecular formula is C22H41NO2Si4. The monoisotopic (exact) mass is 463 g/mol. The van der Waals surface area contributed by atoms with E-state index in [0.717, 1.165) is 13.0 Å². The Morgan fingerprint density at radius 3 is 1.90 bits per heavy atom. The van der Waals surface area contributed by atoms with Gasteiger partial charge >= 0.3 is 0 Å².